The van der Waals surface area contributed by atoms with Gasteiger partial charge in [-0.2, -0.15) is 5.26 Å². The zero-order valence-corrected chi connectivity index (χ0v) is 22.2. The van der Waals surface area contributed by atoms with Gasteiger partial charge in [0, 0.05) is 57.2 Å². The fourth-order valence-corrected chi connectivity index (χ4v) is 5.62. The fraction of sp³-hybridized carbons (Fsp3) is 0.290. The molecule has 2 atom stereocenters. The van der Waals surface area contributed by atoms with Gasteiger partial charge in [-0.25, -0.2) is 4.98 Å². The zero-order chi connectivity index (χ0) is 27.2. The van der Waals surface area contributed by atoms with Gasteiger partial charge < -0.3 is 19.3 Å². The van der Waals surface area contributed by atoms with Crippen LogP contribution < -0.4 is 9.64 Å². The summed E-state index contributed by atoms with van der Waals surface area (Å²) in [6.07, 6.45) is 5.02. The first kappa shape index (κ1) is 26.1. The van der Waals surface area contributed by atoms with Gasteiger partial charge in [0.25, 0.3) is 0 Å². The number of anilines is 1. The van der Waals surface area contributed by atoms with Crippen molar-refractivity contribution in [3.63, 3.8) is 0 Å². The molecule has 8 heteroatoms. The summed E-state index contributed by atoms with van der Waals surface area (Å²) in [6.45, 7) is 2.02. The summed E-state index contributed by atoms with van der Waals surface area (Å²) in [5, 5.41) is 12.9. The molecule has 8 nitrogen and oxygen atoms in total. The Bertz CT molecular complexity index is 1480. The van der Waals surface area contributed by atoms with E-state index in [0.717, 1.165) is 27.7 Å². The molecule has 5 rings (SSSR count). The van der Waals surface area contributed by atoms with Crippen LogP contribution >= 0.6 is 0 Å². The molecule has 0 bridgehead atoms. The largest absolute Gasteiger partial charge is 0.496 e. The number of hydrogen-bond donors (Lipinski definition) is 0. The Morgan fingerprint density at radius 2 is 1.69 bits per heavy atom. The van der Waals surface area contributed by atoms with E-state index < -0.39 is 11.3 Å². The van der Waals surface area contributed by atoms with Gasteiger partial charge in [0.2, 0.25) is 5.91 Å². The Hall–Kier alpha value is -4.48. The van der Waals surface area contributed by atoms with Crippen molar-refractivity contribution in [3.8, 4) is 11.8 Å². The zero-order valence-electron chi connectivity index (χ0n) is 22.2. The van der Waals surface area contributed by atoms with Crippen LogP contribution in [0, 0.1) is 16.7 Å². The van der Waals surface area contributed by atoms with Crippen molar-refractivity contribution < 1.29 is 14.3 Å². The second-order valence-corrected chi connectivity index (χ2v) is 9.60. The Kier molecular flexibility index (Phi) is 7.71. The number of carbonyl (C=O) groups is 1. The highest BCUT2D eigenvalue weighted by molar-refractivity contribution is 5.92. The molecular weight excluding hydrogens is 490 g/mol. The number of amides is 1. The number of benzene rings is 3. The molecule has 2 heterocycles. The van der Waals surface area contributed by atoms with E-state index in [-0.39, 0.29) is 12.5 Å². The number of fused-ring (bicyclic) bond motifs is 1. The Morgan fingerprint density at radius 3 is 2.41 bits per heavy atom. The standard InChI is InChI=1S/C31H31N5O3/c1-38-22-31(21-32,30(37)36-18-16-35(17-19-36)28-20-33-14-15-34-28)29(26-11-5-6-13-27(26)39-2)25-12-7-9-23-8-3-4-10-24(23)25/h3-15,20,29H,16-19,22H2,1-2H3/t29-,31-/m0/s1. The van der Waals surface area contributed by atoms with Gasteiger partial charge in [0.05, 0.1) is 26.0 Å². The van der Waals surface area contributed by atoms with Crippen LogP contribution in [0.25, 0.3) is 10.8 Å². The van der Waals surface area contributed by atoms with E-state index in [1.54, 1.807) is 30.6 Å². The third-order valence-electron chi connectivity index (χ3n) is 7.47. The average molecular weight is 522 g/mol. The minimum atomic E-state index is -1.54. The van der Waals surface area contributed by atoms with Crippen LogP contribution in [-0.4, -0.2) is 67.8 Å². The van der Waals surface area contributed by atoms with Crippen LogP contribution in [0.2, 0.25) is 0 Å². The number of ether oxygens (including phenoxy) is 2. The molecule has 1 aliphatic rings. The monoisotopic (exact) mass is 521 g/mol. The highest BCUT2D eigenvalue weighted by Crippen LogP contribution is 2.48. The predicted octanol–water partition coefficient (Wildman–Crippen LogP) is 4.28. The molecule has 4 aromatic rings. The summed E-state index contributed by atoms with van der Waals surface area (Å²) in [5.74, 6) is 0.492. The molecular formula is C31H31N5O3. The lowest BCUT2D eigenvalue weighted by molar-refractivity contribution is -0.142. The summed E-state index contributed by atoms with van der Waals surface area (Å²) in [5.41, 5.74) is 0.103. The molecule has 0 radical (unpaired) electrons. The smallest absolute Gasteiger partial charge is 0.246 e. The molecule has 0 spiro atoms. The molecule has 0 unspecified atom stereocenters. The number of methoxy groups -OCH3 is 2. The molecule has 0 saturated carbocycles. The van der Waals surface area contributed by atoms with Crippen LogP contribution in [-0.2, 0) is 9.53 Å². The predicted molar refractivity (Wildman–Crippen MR) is 150 cm³/mol. The maximum Gasteiger partial charge on any atom is 0.246 e. The first-order valence-corrected chi connectivity index (χ1v) is 12.9. The number of nitrogens with zero attached hydrogens (tertiary/aromatic N) is 5. The number of aromatic nitrogens is 2. The molecule has 1 saturated heterocycles. The van der Waals surface area contributed by atoms with Crippen molar-refractivity contribution in [1.82, 2.24) is 14.9 Å². The highest BCUT2D eigenvalue weighted by atomic mass is 16.5. The van der Waals surface area contributed by atoms with Gasteiger partial charge in [-0.05, 0) is 22.4 Å². The van der Waals surface area contributed by atoms with E-state index in [1.807, 2.05) is 66.7 Å². The summed E-state index contributed by atoms with van der Waals surface area (Å²) in [7, 11) is 3.14. The first-order valence-electron chi connectivity index (χ1n) is 12.9. The van der Waals surface area contributed by atoms with Gasteiger partial charge in [-0.1, -0.05) is 60.7 Å². The number of piperazine rings is 1. The third kappa shape index (κ3) is 4.89. The summed E-state index contributed by atoms with van der Waals surface area (Å²) in [4.78, 5) is 27.0. The third-order valence-corrected chi connectivity index (χ3v) is 7.47. The van der Waals surface area contributed by atoms with Gasteiger partial charge in [-0.3, -0.25) is 9.78 Å². The molecule has 3 aromatic carbocycles. The van der Waals surface area contributed by atoms with Gasteiger partial charge in [0.1, 0.15) is 11.6 Å². The second kappa shape index (κ2) is 11.5. The van der Waals surface area contributed by atoms with Crippen molar-refractivity contribution in [3.05, 3.63) is 96.4 Å². The van der Waals surface area contributed by atoms with E-state index in [2.05, 4.69) is 20.9 Å². The Balaban J connectivity index is 1.61. The Morgan fingerprint density at radius 1 is 0.974 bits per heavy atom. The topological polar surface area (TPSA) is 91.6 Å². The number of nitriles is 1. The molecule has 1 fully saturated rings. The maximum atomic E-state index is 14.5. The lowest BCUT2D eigenvalue weighted by Gasteiger charge is -2.42. The Labute approximate surface area is 228 Å². The lowest BCUT2D eigenvalue weighted by atomic mass is 9.67. The van der Waals surface area contributed by atoms with Crippen molar-refractivity contribution in [2.24, 2.45) is 5.41 Å². The van der Waals surface area contributed by atoms with Crippen molar-refractivity contribution in [2.75, 3.05) is 51.9 Å². The fourth-order valence-electron chi connectivity index (χ4n) is 5.62. The number of rotatable bonds is 8. The molecule has 0 N–H and O–H groups in total. The number of para-hydroxylation sites is 1. The van der Waals surface area contributed by atoms with E-state index in [9.17, 15) is 10.1 Å². The minimum absolute atomic E-state index is 0.0708. The number of hydrogen-bond acceptors (Lipinski definition) is 7. The molecule has 1 amide bonds. The second-order valence-electron chi connectivity index (χ2n) is 9.60. The van der Waals surface area contributed by atoms with Crippen molar-refractivity contribution in [2.45, 2.75) is 5.92 Å². The summed E-state index contributed by atoms with van der Waals surface area (Å²) < 4.78 is 11.4. The normalized spacial score (nSPS) is 15.8. The highest BCUT2D eigenvalue weighted by Gasteiger charge is 2.51. The van der Waals surface area contributed by atoms with Gasteiger partial charge in [0.15, 0.2) is 5.41 Å². The molecule has 1 aliphatic heterocycles. The van der Waals surface area contributed by atoms with Gasteiger partial charge >= 0.3 is 0 Å². The summed E-state index contributed by atoms with van der Waals surface area (Å²) in [6, 6.07) is 24.1. The quantitative estimate of drug-likeness (QED) is 0.342. The SMILES string of the molecule is COC[C@](C#N)(C(=O)N1CCN(c2cnccn2)CC1)[C@H](c1ccccc1OC)c1cccc2ccccc12. The van der Waals surface area contributed by atoms with Crippen molar-refractivity contribution >= 4 is 22.5 Å². The van der Waals surface area contributed by atoms with Crippen LogP contribution in [0.3, 0.4) is 0 Å². The number of carbonyl (C=O) groups excluding carboxylic acids is 1. The van der Waals surface area contributed by atoms with Crippen LogP contribution in [0.5, 0.6) is 5.75 Å². The van der Waals surface area contributed by atoms with Gasteiger partial charge in [-0.15, -0.1) is 0 Å². The van der Waals surface area contributed by atoms with E-state index in [1.165, 1.54) is 7.11 Å². The molecule has 39 heavy (non-hydrogen) atoms. The first-order chi connectivity index (χ1) is 19.1. The van der Waals surface area contributed by atoms with E-state index in [4.69, 9.17) is 9.47 Å². The average Bonchev–Trinajstić information content (AvgIpc) is 3.01. The van der Waals surface area contributed by atoms with Crippen LogP contribution in [0.4, 0.5) is 5.82 Å². The summed E-state index contributed by atoms with van der Waals surface area (Å²) >= 11 is 0. The van der Waals surface area contributed by atoms with Crippen LogP contribution in [0.15, 0.2) is 85.3 Å². The van der Waals surface area contributed by atoms with E-state index >= 15 is 0 Å². The van der Waals surface area contributed by atoms with Crippen LogP contribution in [0.1, 0.15) is 17.0 Å². The lowest BCUT2D eigenvalue weighted by Crippen LogP contribution is -2.56. The van der Waals surface area contributed by atoms with Crippen molar-refractivity contribution in [1.29, 1.82) is 5.26 Å². The molecule has 198 valence electrons. The molecule has 0 aliphatic carbocycles. The minimum Gasteiger partial charge on any atom is -0.496 e. The van der Waals surface area contributed by atoms with E-state index in [0.29, 0.717) is 31.9 Å². The molecule has 1 aromatic heterocycles. The maximum absolute atomic E-state index is 14.5.